The van der Waals surface area contributed by atoms with Crippen molar-refractivity contribution in [2.24, 2.45) is 0 Å². The lowest BCUT2D eigenvalue weighted by Gasteiger charge is -2.13. The molecule has 16 heavy (non-hydrogen) atoms. The van der Waals surface area contributed by atoms with E-state index in [4.69, 9.17) is 0 Å². The Balaban J connectivity index is 2.56. The molecule has 0 spiro atoms. The molecule has 1 aromatic rings. The quantitative estimate of drug-likeness (QED) is 0.575. The van der Waals surface area contributed by atoms with Crippen molar-refractivity contribution in [3.8, 4) is 0 Å². The van der Waals surface area contributed by atoms with E-state index < -0.39 is 0 Å². The second-order valence-electron chi connectivity index (χ2n) is 3.74. The number of alkyl halides is 1. The number of rotatable bonds is 7. The molecule has 1 N–H and O–H groups in total. The molecule has 0 radical (unpaired) electrons. The largest absolute Gasteiger partial charge is 0.310 e. The van der Waals surface area contributed by atoms with E-state index in [-0.39, 0.29) is 6.67 Å². The van der Waals surface area contributed by atoms with E-state index >= 15 is 0 Å². The Morgan fingerprint density at radius 3 is 2.94 bits per heavy atom. The maximum atomic E-state index is 12.0. The van der Waals surface area contributed by atoms with Crippen LogP contribution in [0.25, 0.3) is 0 Å². The summed E-state index contributed by atoms with van der Waals surface area (Å²) in [4.78, 5) is 1.23. The topological polar surface area (TPSA) is 12.0 Å². The lowest BCUT2D eigenvalue weighted by atomic mass is 10.1. The first-order valence-corrected chi connectivity index (χ1v) is 6.78. The first-order chi connectivity index (χ1) is 7.77. The van der Waals surface area contributed by atoms with Gasteiger partial charge in [0.15, 0.2) is 0 Å². The first-order valence-electron chi connectivity index (χ1n) is 5.80. The van der Waals surface area contributed by atoms with Gasteiger partial charge in [0.25, 0.3) is 0 Å². The lowest BCUT2D eigenvalue weighted by molar-refractivity contribution is 0.489. The minimum absolute atomic E-state index is 0.222. The molecule has 1 aromatic carbocycles. The van der Waals surface area contributed by atoms with Crippen molar-refractivity contribution in [1.29, 1.82) is 0 Å². The second-order valence-corrected chi connectivity index (χ2v) is 4.91. The van der Waals surface area contributed by atoms with Gasteiger partial charge in [0.05, 0.1) is 6.67 Å². The van der Waals surface area contributed by atoms with Crippen LogP contribution < -0.4 is 5.32 Å². The van der Waals surface area contributed by atoms with E-state index in [0.717, 1.165) is 12.3 Å². The summed E-state index contributed by atoms with van der Waals surface area (Å²) in [5.74, 6) is 0.857. The average molecular weight is 241 g/mol. The van der Waals surface area contributed by atoms with Crippen molar-refractivity contribution in [2.75, 3.05) is 19.0 Å². The molecule has 0 amide bonds. The zero-order chi connectivity index (χ0) is 11.8. The molecule has 0 aliphatic carbocycles. The van der Waals surface area contributed by atoms with Crippen LogP contribution in [-0.4, -0.2) is 19.0 Å². The summed E-state index contributed by atoms with van der Waals surface area (Å²) in [6.45, 7) is 5.02. The van der Waals surface area contributed by atoms with Gasteiger partial charge < -0.3 is 5.32 Å². The molecule has 3 heteroatoms. The zero-order valence-corrected chi connectivity index (χ0v) is 10.8. The van der Waals surface area contributed by atoms with Crippen LogP contribution >= 0.6 is 11.8 Å². The van der Waals surface area contributed by atoms with Crippen molar-refractivity contribution in [3.63, 3.8) is 0 Å². The highest BCUT2D eigenvalue weighted by atomic mass is 32.2. The SMILES string of the molecule is CCNC(C)c1cccc(SCCCF)c1. The van der Waals surface area contributed by atoms with Gasteiger partial charge in [-0.25, -0.2) is 0 Å². The molecule has 0 fully saturated rings. The fourth-order valence-corrected chi connectivity index (χ4v) is 2.43. The number of thioether (sulfide) groups is 1. The molecule has 1 nitrogen and oxygen atoms in total. The van der Waals surface area contributed by atoms with Crippen LogP contribution in [0.5, 0.6) is 0 Å². The normalized spacial score (nSPS) is 12.7. The molecule has 1 atom stereocenters. The van der Waals surface area contributed by atoms with Crippen LogP contribution in [0.3, 0.4) is 0 Å². The Kier molecular flexibility index (Phi) is 6.50. The Morgan fingerprint density at radius 1 is 1.44 bits per heavy atom. The Hall–Kier alpha value is -0.540. The lowest BCUT2D eigenvalue weighted by Crippen LogP contribution is -2.17. The first kappa shape index (κ1) is 13.5. The molecule has 1 rings (SSSR count). The summed E-state index contributed by atoms with van der Waals surface area (Å²) < 4.78 is 12.0. The molecule has 0 saturated heterocycles. The van der Waals surface area contributed by atoms with Crippen LogP contribution in [0.15, 0.2) is 29.2 Å². The fourth-order valence-electron chi connectivity index (χ4n) is 1.54. The molecule has 0 bridgehead atoms. The third-order valence-corrected chi connectivity index (χ3v) is 3.50. The summed E-state index contributed by atoms with van der Waals surface area (Å²) in [6, 6.07) is 8.86. The molecule has 0 saturated carbocycles. The van der Waals surface area contributed by atoms with Gasteiger partial charge >= 0.3 is 0 Å². The summed E-state index contributed by atoms with van der Waals surface area (Å²) in [6.07, 6.45) is 0.637. The molecule has 0 aromatic heterocycles. The molecule has 0 aliphatic rings. The van der Waals surface area contributed by atoms with Gasteiger partial charge in [-0.05, 0) is 37.6 Å². The van der Waals surface area contributed by atoms with Crippen molar-refractivity contribution < 1.29 is 4.39 Å². The molecule has 1 unspecified atom stereocenters. The highest BCUT2D eigenvalue weighted by molar-refractivity contribution is 7.99. The highest BCUT2D eigenvalue weighted by Crippen LogP contribution is 2.22. The van der Waals surface area contributed by atoms with Gasteiger partial charge in [-0.3, -0.25) is 4.39 Å². The third-order valence-electron chi connectivity index (χ3n) is 2.42. The summed E-state index contributed by atoms with van der Waals surface area (Å²) in [5, 5.41) is 3.39. The molecule has 0 aliphatic heterocycles. The van der Waals surface area contributed by atoms with Gasteiger partial charge in [-0.15, -0.1) is 11.8 Å². The number of hydrogen-bond donors (Lipinski definition) is 1. The zero-order valence-electron chi connectivity index (χ0n) is 10.0. The minimum Gasteiger partial charge on any atom is -0.310 e. The van der Waals surface area contributed by atoms with Gasteiger partial charge in [-0.2, -0.15) is 0 Å². The van der Waals surface area contributed by atoms with Crippen molar-refractivity contribution in [3.05, 3.63) is 29.8 Å². The van der Waals surface area contributed by atoms with Gasteiger partial charge in [0.2, 0.25) is 0 Å². The Bertz CT molecular complexity index is 304. The van der Waals surface area contributed by atoms with E-state index in [1.54, 1.807) is 11.8 Å². The van der Waals surface area contributed by atoms with Crippen LogP contribution in [-0.2, 0) is 0 Å². The predicted octanol–water partition coefficient (Wildman–Crippen LogP) is 3.81. The standard InChI is InChI=1S/C13H20FNS/c1-3-15-11(2)12-6-4-7-13(10-12)16-9-5-8-14/h4,6-7,10-11,15H,3,5,8-9H2,1-2H3. The van der Waals surface area contributed by atoms with E-state index in [1.165, 1.54) is 10.5 Å². The third kappa shape index (κ3) is 4.54. The molecular weight excluding hydrogens is 221 g/mol. The van der Waals surface area contributed by atoms with Crippen molar-refractivity contribution in [1.82, 2.24) is 5.32 Å². The number of nitrogens with one attached hydrogen (secondary N) is 1. The van der Waals surface area contributed by atoms with Crippen LogP contribution in [0, 0.1) is 0 Å². The minimum atomic E-state index is -0.222. The molecule has 0 heterocycles. The Labute approximate surface area is 102 Å². The summed E-state index contributed by atoms with van der Waals surface area (Å²) in [7, 11) is 0. The fraction of sp³-hybridized carbons (Fsp3) is 0.538. The molecule has 90 valence electrons. The van der Waals surface area contributed by atoms with Gasteiger partial charge in [0, 0.05) is 16.7 Å². The van der Waals surface area contributed by atoms with E-state index in [0.29, 0.717) is 12.5 Å². The Morgan fingerprint density at radius 2 is 2.25 bits per heavy atom. The van der Waals surface area contributed by atoms with E-state index in [2.05, 4.69) is 43.4 Å². The maximum Gasteiger partial charge on any atom is 0.0902 e. The van der Waals surface area contributed by atoms with Gasteiger partial charge in [-0.1, -0.05) is 19.1 Å². The maximum absolute atomic E-state index is 12.0. The number of benzene rings is 1. The smallest absolute Gasteiger partial charge is 0.0902 e. The van der Waals surface area contributed by atoms with Crippen molar-refractivity contribution >= 4 is 11.8 Å². The van der Waals surface area contributed by atoms with Crippen molar-refractivity contribution in [2.45, 2.75) is 31.2 Å². The molecular formula is C13H20FNS. The van der Waals surface area contributed by atoms with Crippen LogP contribution in [0.2, 0.25) is 0 Å². The summed E-state index contributed by atoms with van der Waals surface area (Å²) in [5.41, 5.74) is 1.30. The van der Waals surface area contributed by atoms with E-state index in [9.17, 15) is 4.39 Å². The predicted molar refractivity (Wildman–Crippen MR) is 69.8 cm³/mol. The highest BCUT2D eigenvalue weighted by Gasteiger charge is 2.04. The van der Waals surface area contributed by atoms with E-state index in [1.807, 2.05) is 0 Å². The van der Waals surface area contributed by atoms with Crippen LogP contribution in [0.1, 0.15) is 31.9 Å². The average Bonchev–Trinajstić information content (AvgIpc) is 2.30. The number of halogens is 1. The van der Waals surface area contributed by atoms with Gasteiger partial charge in [0.1, 0.15) is 0 Å². The second kappa shape index (κ2) is 7.69. The van der Waals surface area contributed by atoms with Crippen LogP contribution in [0.4, 0.5) is 4.39 Å². The number of hydrogen-bond acceptors (Lipinski definition) is 2. The summed E-state index contributed by atoms with van der Waals surface area (Å²) >= 11 is 1.73. The monoisotopic (exact) mass is 241 g/mol.